The van der Waals surface area contributed by atoms with Crippen LogP contribution in [0, 0.1) is 11.2 Å². The number of furan rings is 1. The number of H-pyrrole nitrogens is 1. The highest BCUT2D eigenvalue weighted by molar-refractivity contribution is 5.95. The van der Waals surface area contributed by atoms with Crippen molar-refractivity contribution in [3.8, 4) is 23.0 Å². The molecule has 0 fully saturated rings. The van der Waals surface area contributed by atoms with Gasteiger partial charge in [0, 0.05) is 23.4 Å². The van der Waals surface area contributed by atoms with Gasteiger partial charge in [-0.15, -0.1) is 0 Å². The molecule has 2 aromatic carbocycles. The summed E-state index contributed by atoms with van der Waals surface area (Å²) in [6.07, 6.45) is 3.04. The Morgan fingerprint density at radius 2 is 2.00 bits per heavy atom. The van der Waals surface area contributed by atoms with Crippen molar-refractivity contribution in [1.82, 2.24) is 9.97 Å². The van der Waals surface area contributed by atoms with Gasteiger partial charge in [-0.2, -0.15) is 0 Å². The second kappa shape index (κ2) is 10.3. The zero-order chi connectivity index (χ0) is 24.9. The smallest absolute Gasteiger partial charge is 0.188 e. The number of hydrogen-bond acceptors (Lipinski definition) is 6. The third-order valence-electron chi connectivity index (χ3n) is 5.17. The van der Waals surface area contributed by atoms with Crippen LogP contribution in [0.15, 0.2) is 65.4 Å². The number of aromatic nitrogens is 2. The van der Waals surface area contributed by atoms with E-state index >= 15 is 4.39 Å². The molecular formula is C26H28FN5O3. The van der Waals surface area contributed by atoms with Gasteiger partial charge in [0.15, 0.2) is 17.3 Å². The first kappa shape index (κ1) is 23.9. The number of nitrogens with one attached hydrogen (secondary N) is 2. The first-order valence-electron chi connectivity index (χ1n) is 11.3. The van der Waals surface area contributed by atoms with Gasteiger partial charge < -0.3 is 29.5 Å². The molecule has 9 heteroatoms. The minimum atomic E-state index is -0.518. The Morgan fingerprint density at radius 1 is 1.23 bits per heavy atom. The van der Waals surface area contributed by atoms with E-state index in [-0.39, 0.29) is 29.9 Å². The predicted molar refractivity (Wildman–Crippen MR) is 133 cm³/mol. The second-order valence-electron chi connectivity index (χ2n) is 8.12. The summed E-state index contributed by atoms with van der Waals surface area (Å²) in [6, 6.07) is 13.8. The zero-order valence-corrected chi connectivity index (χ0v) is 19.8. The predicted octanol–water partition coefficient (Wildman–Crippen LogP) is 5.62. The van der Waals surface area contributed by atoms with Gasteiger partial charge in [0.2, 0.25) is 0 Å². The number of halogens is 1. The normalized spacial score (nSPS) is 11.0. The molecule has 0 aliphatic heterocycles. The van der Waals surface area contributed by atoms with Crippen molar-refractivity contribution in [2.75, 3.05) is 11.5 Å². The maximum absolute atomic E-state index is 15.8. The van der Waals surface area contributed by atoms with Crippen LogP contribution in [0.1, 0.15) is 32.2 Å². The van der Waals surface area contributed by atoms with E-state index in [1.807, 2.05) is 26.8 Å². The Morgan fingerprint density at radius 3 is 2.63 bits per heavy atom. The highest BCUT2D eigenvalue weighted by atomic mass is 19.1. The van der Waals surface area contributed by atoms with Crippen LogP contribution in [-0.4, -0.2) is 28.5 Å². The Bertz CT molecular complexity index is 1280. The molecule has 0 aliphatic rings. The maximum atomic E-state index is 15.8. The summed E-state index contributed by atoms with van der Waals surface area (Å²) in [5.74, 6) is 1.27. The lowest BCUT2D eigenvalue weighted by molar-refractivity contribution is 0.229. The van der Waals surface area contributed by atoms with Crippen LogP contribution in [0.4, 0.5) is 15.8 Å². The van der Waals surface area contributed by atoms with Crippen molar-refractivity contribution >= 4 is 17.2 Å². The standard InChI is InChI=1S/C26H28FN5O3/c1-4-33-19-12-21(25(27)23(13-19)35-16(2)3)32(18-9-7-17(8-10-18)26(28)29)15-24-30-14-20(31-24)22-6-5-11-34-22/h5-14,16H,4,15H2,1-3H3,(H3,28,29)(H,30,31). The number of amidine groups is 1. The topological polar surface area (TPSA) is 113 Å². The Balaban J connectivity index is 1.79. The first-order valence-corrected chi connectivity index (χ1v) is 11.3. The fourth-order valence-electron chi connectivity index (χ4n) is 3.63. The van der Waals surface area contributed by atoms with Crippen molar-refractivity contribution < 1.29 is 18.3 Å². The van der Waals surface area contributed by atoms with Gasteiger partial charge in [-0.3, -0.25) is 5.41 Å². The number of aromatic amines is 1. The molecule has 4 N–H and O–H groups in total. The average Bonchev–Trinajstić information content (AvgIpc) is 3.52. The molecule has 4 aromatic rings. The van der Waals surface area contributed by atoms with Crippen LogP contribution >= 0.6 is 0 Å². The van der Waals surface area contributed by atoms with Crippen LogP contribution in [0.3, 0.4) is 0 Å². The van der Waals surface area contributed by atoms with Crippen molar-refractivity contribution in [1.29, 1.82) is 5.41 Å². The molecule has 4 rings (SSSR count). The molecule has 0 radical (unpaired) electrons. The van der Waals surface area contributed by atoms with Gasteiger partial charge in [-0.05, 0) is 57.2 Å². The third kappa shape index (κ3) is 5.46. The largest absolute Gasteiger partial charge is 0.494 e. The number of nitrogen functional groups attached to an aromatic ring is 1. The van der Waals surface area contributed by atoms with Gasteiger partial charge in [0.25, 0.3) is 0 Å². The molecule has 0 saturated heterocycles. The summed E-state index contributed by atoms with van der Waals surface area (Å²) >= 11 is 0. The minimum absolute atomic E-state index is 0.0469. The molecule has 0 amide bonds. The second-order valence-corrected chi connectivity index (χ2v) is 8.12. The maximum Gasteiger partial charge on any atom is 0.188 e. The van der Waals surface area contributed by atoms with E-state index in [9.17, 15) is 0 Å². The fourth-order valence-corrected chi connectivity index (χ4v) is 3.63. The number of nitrogens with zero attached hydrogens (tertiary/aromatic N) is 2. The van der Waals surface area contributed by atoms with Crippen molar-refractivity contribution in [2.45, 2.75) is 33.4 Å². The van der Waals surface area contributed by atoms with E-state index in [2.05, 4.69) is 9.97 Å². The van der Waals surface area contributed by atoms with E-state index in [0.29, 0.717) is 40.9 Å². The lowest BCUT2D eigenvalue weighted by Gasteiger charge is -2.26. The number of hydrogen-bond donors (Lipinski definition) is 3. The van der Waals surface area contributed by atoms with Gasteiger partial charge >= 0.3 is 0 Å². The monoisotopic (exact) mass is 477 g/mol. The number of benzene rings is 2. The molecular weight excluding hydrogens is 449 g/mol. The summed E-state index contributed by atoms with van der Waals surface area (Å²) in [7, 11) is 0. The summed E-state index contributed by atoms with van der Waals surface area (Å²) in [6.45, 7) is 6.18. The third-order valence-corrected chi connectivity index (χ3v) is 5.17. The highest BCUT2D eigenvalue weighted by Gasteiger charge is 2.22. The fraction of sp³-hybridized carbons (Fsp3) is 0.231. The molecule has 2 heterocycles. The average molecular weight is 478 g/mol. The summed E-state index contributed by atoms with van der Waals surface area (Å²) in [5.41, 5.74) is 7.84. The van der Waals surface area contributed by atoms with Gasteiger partial charge in [0.1, 0.15) is 23.1 Å². The van der Waals surface area contributed by atoms with Gasteiger partial charge in [-0.25, -0.2) is 9.37 Å². The van der Waals surface area contributed by atoms with E-state index in [0.717, 1.165) is 0 Å². The Labute approximate surface area is 203 Å². The molecule has 0 saturated carbocycles. The van der Waals surface area contributed by atoms with Gasteiger partial charge in [-0.1, -0.05) is 0 Å². The molecule has 0 bridgehead atoms. The van der Waals surface area contributed by atoms with Crippen LogP contribution < -0.4 is 20.1 Å². The van der Waals surface area contributed by atoms with E-state index in [1.54, 1.807) is 59.8 Å². The lowest BCUT2D eigenvalue weighted by Crippen LogP contribution is -2.20. The SMILES string of the molecule is CCOc1cc(OC(C)C)c(F)c(N(Cc2ncc(-c3ccco3)[nH]2)c2ccc(C(=N)N)cc2)c1. The Hall–Kier alpha value is -4.27. The van der Waals surface area contributed by atoms with Gasteiger partial charge in [0.05, 0.1) is 37.4 Å². The first-order chi connectivity index (χ1) is 16.9. The van der Waals surface area contributed by atoms with Crippen molar-refractivity contribution in [3.05, 3.63) is 78.2 Å². The molecule has 2 aromatic heterocycles. The quantitative estimate of drug-likeness (QED) is 0.202. The van der Waals surface area contributed by atoms with Crippen LogP contribution in [-0.2, 0) is 6.54 Å². The molecule has 8 nitrogen and oxygen atoms in total. The summed E-state index contributed by atoms with van der Waals surface area (Å²) in [4.78, 5) is 9.47. The molecule has 182 valence electrons. The molecule has 0 spiro atoms. The van der Waals surface area contributed by atoms with Crippen LogP contribution in [0.25, 0.3) is 11.5 Å². The number of anilines is 2. The van der Waals surface area contributed by atoms with E-state index in [1.165, 1.54) is 0 Å². The number of nitrogens with two attached hydrogens (primary N) is 1. The van der Waals surface area contributed by atoms with E-state index < -0.39 is 5.82 Å². The molecule has 35 heavy (non-hydrogen) atoms. The number of ether oxygens (including phenoxy) is 2. The number of rotatable bonds is 10. The number of imidazole rings is 1. The molecule has 0 atom stereocenters. The Kier molecular flexibility index (Phi) is 7.05. The molecule has 0 aliphatic carbocycles. The van der Waals surface area contributed by atoms with E-state index in [4.69, 9.17) is 25.0 Å². The zero-order valence-electron chi connectivity index (χ0n) is 19.8. The highest BCUT2D eigenvalue weighted by Crippen LogP contribution is 2.38. The van der Waals surface area contributed by atoms with Crippen LogP contribution in [0.5, 0.6) is 11.5 Å². The summed E-state index contributed by atoms with van der Waals surface area (Å²) in [5, 5.41) is 7.68. The van der Waals surface area contributed by atoms with Crippen molar-refractivity contribution in [3.63, 3.8) is 0 Å². The summed E-state index contributed by atoms with van der Waals surface area (Å²) < 4.78 is 32.7. The molecule has 0 unspecified atom stereocenters. The van der Waals surface area contributed by atoms with Crippen LogP contribution in [0.2, 0.25) is 0 Å². The lowest BCUT2D eigenvalue weighted by atomic mass is 10.1. The minimum Gasteiger partial charge on any atom is -0.494 e. The van der Waals surface area contributed by atoms with Crippen molar-refractivity contribution in [2.24, 2.45) is 5.73 Å².